The van der Waals surface area contributed by atoms with Crippen molar-refractivity contribution in [3.05, 3.63) is 35.4 Å². The number of carbonyl (C=O) groups excluding carboxylic acids is 1. The average Bonchev–Trinajstić information content (AvgIpc) is 2.67. The summed E-state index contributed by atoms with van der Waals surface area (Å²) in [6.07, 6.45) is 7.69. The van der Waals surface area contributed by atoms with Crippen molar-refractivity contribution >= 4 is 15.9 Å². The van der Waals surface area contributed by atoms with Gasteiger partial charge in [-0.15, -0.1) is 0 Å². The van der Waals surface area contributed by atoms with Crippen LogP contribution in [-0.4, -0.2) is 34.0 Å². The number of ether oxygens (including phenoxy) is 1. The fraction of sp³-hybridized carbons (Fsp3) is 0.571. The fourth-order valence-electron chi connectivity index (χ4n) is 3.24. The van der Waals surface area contributed by atoms with Gasteiger partial charge < -0.3 is 10.1 Å². The second kappa shape index (κ2) is 10.1. The van der Waals surface area contributed by atoms with E-state index < -0.39 is 16.1 Å². The van der Waals surface area contributed by atoms with Gasteiger partial charge in [0.15, 0.2) is 0 Å². The number of allylic oxidation sites excluding steroid dienone is 1. The molecule has 0 aliphatic heterocycles. The molecule has 1 unspecified atom stereocenters. The van der Waals surface area contributed by atoms with E-state index in [1.54, 1.807) is 19.1 Å². The summed E-state index contributed by atoms with van der Waals surface area (Å²) in [5.74, 6) is 0.0994. The Morgan fingerprint density at radius 3 is 2.57 bits per heavy atom. The van der Waals surface area contributed by atoms with E-state index in [1.807, 2.05) is 19.9 Å². The van der Waals surface area contributed by atoms with E-state index in [-0.39, 0.29) is 22.5 Å². The highest BCUT2D eigenvalue weighted by Crippen LogP contribution is 2.28. The van der Waals surface area contributed by atoms with Gasteiger partial charge in [-0.25, -0.2) is 8.42 Å². The number of hydrogen-bond acceptors (Lipinski definition) is 4. The third kappa shape index (κ3) is 6.07. The van der Waals surface area contributed by atoms with Crippen molar-refractivity contribution in [2.24, 2.45) is 0 Å². The lowest BCUT2D eigenvalue weighted by Crippen LogP contribution is -2.45. The fourth-order valence-corrected chi connectivity index (χ4v) is 4.65. The number of methoxy groups -OCH3 is 1. The molecule has 1 aliphatic rings. The van der Waals surface area contributed by atoms with Crippen LogP contribution in [0.5, 0.6) is 5.75 Å². The van der Waals surface area contributed by atoms with Crippen LogP contribution < -0.4 is 14.8 Å². The van der Waals surface area contributed by atoms with Gasteiger partial charge in [-0.2, -0.15) is 4.72 Å². The topological polar surface area (TPSA) is 84.5 Å². The zero-order valence-corrected chi connectivity index (χ0v) is 18.1. The van der Waals surface area contributed by atoms with Crippen molar-refractivity contribution in [1.82, 2.24) is 10.0 Å². The molecule has 7 heteroatoms. The highest BCUT2D eigenvalue weighted by Gasteiger charge is 2.25. The second-order valence-electron chi connectivity index (χ2n) is 7.56. The third-order valence-corrected chi connectivity index (χ3v) is 6.56. The molecule has 6 nitrogen and oxygen atoms in total. The second-order valence-corrected chi connectivity index (χ2v) is 9.24. The van der Waals surface area contributed by atoms with Gasteiger partial charge in [0.2, 0.25) is 15.9 Å². The van der Waals surface area contributed by atoms with Gasteiger partial charge in [0, 0.05) is 6.54 Å². The number of hydrogen-bond donors (Lipinski definition) is 2. The molecule has 1 aliphatic carbocycles. The number of sulfonamides is 1. The Kier molecular flexibility index (Phi) is 8.07. The first kappa shape index (κ1) is 22.4. The van der Waals surface area contributed by atoms with Gasteiger partial charge in [0.25, 0.3) is 0 Å². The lowest BCUT2D eigenvalue weighted by Gasteiger charge is -2.18. The minimum atomic E-state index is -3.90. The molecule has 2 N–H and O–H groups in total. The molecule has 1 atom stereocenters. The molecular formula is C21H32N2O4S. The number of amides is 1. The molecule has 156 valence electrons. The van der Waals surface area contributed by atoms with Crippen LogP contribution in [0.25, 0.3) is 0 Å². The normalized spacial score (nSPS) is 15.8. The maximum Gasteiger partial charge on any atom is 0.244 e. The van der Waals surface area contributed by atoms with Gasteiger partial charge >= 0.3 is 0 Å². The van der Waals surface area contributed by atoms with Crippen molar-refractivity contribution in [3.8, 4) is 5.75 Å². The Morgan fingerprint density at radius 1 is 1.21 bits per heavy atom. The molecule has 2 rings (SSSR count). The maximum absolute atomic E-state index is 12.8. The molecule has 0 radical (unpaired) electrons. The van der Waals surface area contributed by atoms with Crippen LogP contribution in [0, 0.1) is 0 Å². The van der Waals surface area contributed by atoms with Gasteiger partial charge in [0.05, 0.1) is 13.2 Å². The predicted molar refractivity (Wildman–Crippen MR) is 111 cm³/mol. The van der Waals surface area contributed by atoms with Gasteiger partial charge in [-0.3, -0.25) is 4.79 Å². The lowest BCUT2D eigenvalue weighted by molar-refractivity contribution is -0.122. The van der Waals surface area contributed by atoms with Crippen LogP contribution in [0.3, 0.4) is 0 Å². The van der Waals surface area contributed by atoms with E-state index in [2.05, 4.69) is 16.1 Å². The summed E-state index contributed by atoms with van der Waals surface area (Å²) in [5, 5.41) is 2.82. The largest absolute Gasteiger partial charge is 0.495 e. The van der Waals surface area contributed by atoms with Crippen molar-refractivity contribution in [3.63, 3.8) is 0 Å². The van der Waals surface area contributed by atoms with Crippen LogP contribution in [-0.2, 0) is 14.8 Å². The smallest absolute Gasteiger partial charge is 0.244 e. The Bertz CT molecular complexity index is 816. The van der Waals surface area contributed by atoms with Crippen LogP contribution in [0.2, 0.25) is 0 Å². The zero-order valence-electron chi connectivity index (χ0n) is 17.2. The molecule has 0 fully saturated rings. The molecule has 1 amide bonds. The number of carbonyl (C=O) groups is 1. The van der Waals surface area contributed by atoms with Crippen molar-refractivity contribution in [2.45, 2.75) is 69.7 Å². The Morgan fingerprint density at radius 2 is 1.96 bits per heavy atom. The average molecular weight is 409 g/mol. The molecule has 1 aromatic rings. The first-order valence-corrected chi connectivity index (χ1v) is 11.4. The van der Waals surface area contributed by atoms with E-state index in [0.717, 1.165) is 24.8 Å². The third-order valence-electron chi connectivity index (χ3n) is 5.00. The summed E-state index contributed by atoms with van der Waals surface area (Å²) in [6, 6.07) is 4.22. The highest BCUT2D eigenvalue weighted by atomic mass is 32.2. The van der Waals surface area contributed by atoms with Crippen molar-refractivity contribution in [1.29, 1.82) is 0 Å². The summed E-state index contributed by atoms with van der Waals surface area (Å²) < 4.78 is 33.4. The van der Waals surface area contributed by atoms with E-state index in [4.69, 9.17) is 4.74 Å². The molecule has 0 aromatic heterocycles. The molecular weight excluding hydrogens is 376 g/mol. The van der Waals surface area contributed by atoms with E-state index in [9.17, 15) is 13.2 Å². The van der Waals surface area contributed by atoms with E-state index in [0.29, 0.717) is 6.54 Å². The van der Waals surface area contributed by atoms with Gasteiger partial charge in [0.1, 0.15) is 10.6 Å². The molecule has 0 saturated carbocycles. The summed E-state index contributed by atoms with van der Waals surface area (Å²) in [4.78, 5) is 12.4. The Labute approximate surface area is 168 Å². The minimum Gasteiger partial charge on any atom is -0.495 e. The quantitative estimate of drug-likeness (QED) is 0.613. The molecule has 0 bridgehead atoms. The standard InChI is InChI=1S/C21H32N2O4S/c1-15(2)18-10-11-19(27-4)20(14-18)28(25,26)23-16(3)21(24)22-13-12-17-8-6-5-7-9-17/h8,10-11,14-16,23H,5-7,9,12-13H2,1-4H3,(H,22,24). The molecule has 0 spiro atoms. The molecule has 1 aromatic carbocycles. The SMILES string of the molecule is COc1ccc(C(C)C)cc1S(=O)(=O)NC(C)C(=O)NCCC1=CCCCC1. The first-order valence-electron chi connectivity index (χ1n) is 9.90. The van der Waals surface area contributed by atoms with E-state index in [1.165, 1.54) is 25.5 Å². The summed E-state index contributed by atoms with van der Waals surface area (Å²) in [5.41, 5.74) is 2.26. The summed E-state index contributed by atoms with van der Waals surface area (Å²) in [6.45, 7) is 6.04. The lowest BCUT2D eigenvalue weighted by atomic mass is 9.97. The number of nitrogens with one attached hydrogen (secondary N) is 2. The van der Waals surface area contributed by atoms with Crippen LogP contribution >= 0.6 is 0 Å². The Hall–Kier alpha value is -1.86. The van der Waals surface area contributed by atoms with Crippen molar-refractivity contribution < 1.29 is 17.9 Å². The predicted octanol–water partition coefficient (Wildman–Crippen LogP) is 3.49. The van der Waals surface area contributed by atoms with Crippen LogP contribution in [0.15, 0.2) is 34.7 Å². The summed E-state index contributed by atoms with van der Waals surface area (Å²) in [7, 11) is -2.47. The number of benzene rings is 1. The Balaban J connectivity index is 2.01. The summed E-state index contributed by atoms with van der Waals surface area (Å²) >= 11 is 0. The minimum absolute atomic E-state index is 0.0493. The highest BCUT2D eigenvalue weighted by molar-refractivity contribution is 7.89. The molecule has 0 heterocycles. The van der Waals surface area contributed by atoms with E-state index >= 15 is 0 Å². The number of rotatable bonds is 9. The van der Waals surface area contributed by atoms with Crippen molar-refractivity contribution in [2.75, 3.05) is 13.7 Å². The maximum atomic E-state index is 12.8. The van der Waals surface area contributed by atoms with Crippen LogP contribution in [0.1, 0.15) is 64.4 Å². The van der Waals surface area contributed by atoms with Gasteiger partial charge in [-0.05, 0) is 62.6 Å². The van der Waals surface area contributed by atoms with Crippen LogP contribution in [0.4, 0.5) is 0 Å². The van der Waals surface area contributed by atoms with Gasteiger partial charge in [-0.1, -0.05) is 31.6 Å². The monoisotopic (exact) mass is 408 g/mol. The molecule has 28 heavy (non-hydrogen) atoms. The zero-order chi connectivity index (χ0) is 20.7. The first-order chi connectivity index (χ1) is 13.2. The molecule has 0 saturated heterocycles.